The maximum atomic E-state index is 9.43. The van der Waals surface area contributed by atoms with Crippen LogP contribution in [0, 0.1) is 11.3 Å². The van der Waals surface area contributed by atoms with Crippen LogP contribution in [0.4, 0.5) is 0 Å². The van der Waals surface area contributed by atoms with E-state index in [-0.39, 0.29) is 11.5 Å². The maximum Gasteiger partial charge on any atom is 0.0634 e. The Morgan fingerprint density at radius 2 is 2.44 bits per heavy atom. The topological polar surface area (TPSA) is 20.2 Å². The van der Waals surface area contributed by atoms with Crippen LogP contribution >= 0.6 is 0 Å². The molecule has 0 radical (unpaired) electrons. The molecule has 0 amide bonds. The molecule has 2 bridgehead atoms. The summed E-state index contributed by atoms with van der Waals surface area (Å²) < 4.78 is 0. The first-order chi connectivity index (χ1) is 4.21. The van der Waals surface area contributed by atoms with Gasteiger partial charge in [-0.1, -0.05) is 19.1 Å². The van der Waals surface area contributed by atoms with Gasteiger partial charge < -0.3 is 5.11 Å². The molecule has 2 aliphatic rings. The lowest BCUT2D eigenvalue weighted by Gasteiger charge is -2.22. The zero-order valence-corrected chi connectivity index (χ0v) is 5.67. The summed E-state index contributed by atoms with van der Waals surface area (Å²) in [5.41, 5.74) is 0.144. The first-order valence-corrected chi connectivity index (χ1v) is 3.58. The summed E-state index contributed by atoms with van der Waals surface area (Å²) in [4.78, 5) is 0. The Morgan fingerprint density at radius 1 is 1.67 bits per heavy atom. The van der Waals surface area contributed by atoms with Gasteiger partial charge in [-0.3, -0.25) is 0 Å². The molecular weight excluding hydrogens is 112 g/mol. The second kappa shape index (κ2) is 1.40. The van der Waals surface area contributed by atoms with Crippen LogP contribution in [-0.4, -0.2) is 11.2 Å². The third-order valence-electron chi connectivity index (χ3n) is 2.74. The van der Waals surface area contributed by atoms with E-state index >= 15 is 0 Å². The van der Waals surface area contributed by atoms with Crippen molar-refractivity contribution in [2.75, 3.05) is 0 Å². The van der Waals surface area contributed by atoms with Crippen LogP contribution in [-0.2, 0) is 0 Å². The van der Waals surface area contributed by atoms with E-state index in [0.29, 0.717) is 5.92 Å². The highest BCUT2D eigenvalue weighted by Gasteiger charge is 2.44. The molecule has 50 valence electrons. The zero-order valence-electron chi connectivity index (χ0n) is 5.67. The van der Waals surface area contributed by atoms with Crippen molar-refractivity contribution in [2.24, 2.45) is 11.3 Å². The van der Waals surface area contributed by atoms with E-state index in [1.807, 2.05) is 0 Å². The summed E-state index contributed by atoms with van der Waals surface area (Å²) in [6, 6.07) is 0. The minimum absolute atomic E-state index is 0.0625. The molecule has 2 rings (SSSR count). The number of aliphatic hydroxyl groups excluding tert-OH is 1. The Hall–Kier alpha value is -0.300. The predicted molar refractivity (Wildman–Crippen MR) is 36.0 cm³/mol. The minimum Gasteiger partial charge on any atom is -0.392 e. The van der Waals surface area contributed by atoms with Crippen molar-refractivity contribution in [1.29, 1.82) is 0 Å². The van der Waals surface area contributed by atoms with Crippen molar-refractivity contribution in [1.82, 2.24) is 0 Å². The fraction of sp³-hybridized carbons (Fsp3) is 0.750. The SMILES string of the molecule is C[C@]12C=C[C@H](C[C@@H]1O)C2. The Balaban J connectivity index is 2.33. The summed E-state index contributed by atoms with van der Waals surface area (Å²) in [5, 5.41) is 9.43. The van der Waals surface area contributed by atoms with Gasteiger partial charge in [-0.05, 0) is 18.8 Å². The van der Waals surface area contributed by atoms with E-state index in [0.717, 1.165) is 6.42 Å². The van der Waals surface area contributed by atoms with Crippen LogP contribution in [0.3, 0.4) is 0 Å². The highest BCUT2D eigenvalue weighted by molar-refractivity contribution is 5.17. The van der Waals surface area contributed by atoms with Gasteiger partial charge in [0.15, 0.2) is 0 Å². The van der Waals surface area contributed by atoms with Crippen LogP contribution in [0.2, 0.25) is 0 Å². The average molecular weight is 124 g/mol. The number of hydrogen-bond donors (Lipinski definition) is 1. The van der Waals surface area contributed by atoms with Gasteiger partial charge in [0, 0.05) is 5.41 Å². The molecule has 0 saturated heterocycles. The number of fused-ring (bicyclic) bond motifs is 2. The molecule has 0 aromatic rings. The lowest BCUT2D eigenvalue weighted by molar-refractivity contribution is 0.0965. The molecule has 1 nitrogen and oxygen atoms in total. The van der Waals surface area contributed by atoms with Gasteiger partial charge in [-0.2, -0.15) is 0 Å². The maximum absolute atomic E-state index is 9.43. The van der Waals surface area contributed by atoms with Crippen molar-refractivity contribution < 1.29 is 5.11 Å². The third-order valence-corrected chi connectivity index (χ3v) is 2.74. The molecule has 1 fully saturated rings. The molecule has 0 heterocycles. The molecule has 3 atom stereocenters. The van der Waals surface area contributed by atoms with Crippen LogP contribution in [0.5, 0.6) is 0 Å². The van der Waals surface area contributed by atoms with Crippen molar-refractivity contribution in [3.05, 3.63) is 12.2 Å². The second-order valence-electron chi connectivity index (χ2n) is 3.58. The van der Waals surface area contributed by atoms with Crippen LogP contribution in [0.15, 0.2) is 12.2 Å². The van der Waals surface area contributed by atoms with Crippen molar-refractivity contribution in [2.45, 2.75) is 25.9 Å². The van der Waals surface area contributed by atoms with Gasteiger partial charge in [0.25, 0.3) is 0 Å². The summed E-state index contributed by atoms with van der Waals surface area (Å²) in [5.74, 6) is 0.685. The number of rotatable bonds is 0. The van der Waals surface area contributed by atoms with Crippen LogP contribution in [0.25, 0.3) is 0 Å². The van der Waals surface area contributed by atoms with Crippen LogP contribution < -0.4 is 0 Å². The average Bonchev–Trinajstić information content (AvgIpc) is 2.22. The molecule has 0 aromatic heterocycles. The lowest BCUT2D eigenvalue weighted by atomic mass is 9.88. The van der Waals surface area contributed by atoms with Crippen molar-refractivity contribution in [3.8, 4) is 0 Å². The van der Waals surface area contributed by atoms with Gasteiger partial charge in [0.1, 0.15) is 0 Å². The molecule has 0 unspecified atom stereocenters. The third kappa shape index (κ3) is 0.584. The fourth-order valence-electron chi connectivity index (χ4n) is 2.02. The number of aliphatic hydroxyl groups is 1. The highest BCUT2D eigenvalue weighted by Crippen LogP contribution is 2.48. The van der Waals surface area contributed by atoms with E-state index in [1.165, 1.54) is 6.42 Å². The fourth-order valence-corrected chi connectivity index (χ4v) is 2.02. The van der Waals surface area contributed by atoms with E-state index in [2.05, 4.69) is 19.1 Å². The highest BCUT2D eigenvalue weighted by atomic mass is 16.3. The molecule has 1 heteroatoms. The first-order valence-electron chi connectivity index (χ1n) is 3.58. The van der Waals surface area contributed by atoms with E-state index in [4.69, 9.17) is 0 Å². The minimum atomic E-state index is -0.0625. The predicted octanol–water partition coefficient (Wildman–Crippen LogP) is 1.33. The monoisotopic (exact) mass is 124 g/mol. The Kier molecular flexibility index (Phi) is 0.854. The van der Waals surface area contributed by atoms with Gasteiger partial charge >= 0.3 is 0 Å². The molecular formula is C8H12O. The van der Waals surface area contributed by atoms with E-state index in [1.54, 1.807) is 0 Å². The summed E-state index contributed by atoms with van der Waals surface area (Å²) in [7, 11) is 0. The largest absolute Gasteiger partial charge is 0.392 e. The van der Waals surface area contributed by atoms with Gasteiger partial charge in [-0.25, -0.2) is 0 Å². The van der Waals surface area contributed by atoms with Gasteiger partial charge in [-0.15, -0.1) is 0 Å². The van der Waals surface area contributed by atoms with Gasteiger partial charge in [0.05, 0.1) is 6.10 Å². The molecule has 1 N–H and O–H groups in total. The molecule has 0 aliphatic heterocycles. The van der Waals surface area contributed by atoms with Crippen molar-refractivity contribution in [3.63, 3.8) is 0 Å². The molecule has 2 aliphatic carbocycles. The lowest BCUT2D eigenvalue weighted by Crippen LogP contribution is -2.23. The molecule has 1 saturated carbocycles. The standard InChI is InChI=1S/C8H12O/c1-8-3-2-6(5-8)4-7(8)9/h2-3,6-7,9H,4-5H2,1H3/t6-,7+,8-/m1/s1. The Bertz CT molecular complexity index is 162. The Morgan fingerprint density at radius 3 is 2.67 bits per heavy atom. The zero-order chi connectivity index (χ0) is 6.48. The van der Waals surface area contributed by atoms with Crippen molar-refractivity contribution >= 4 is 0 Å². The second-order valence-corrected chi connectivity index (χ2v) is 3.58. The van der Waals surface area contributed by atoms with E-state index in [9.17, 15) is 5.11 Å². The number of hydrogen-bond acceptors (Lipinski definition) is 1. The first kappa shape index (κ1) is 5.48. The summed E-state index contributed by atoms with van der Waals surface area (Å²) in [6.07, 6.45) is 6.52. The Labute approximate surface area is 55.4 Å². The van der Waals surface area contributed by atoms with Crippen LogP contribution in [0.1, 0.15) is 19.8 Å². The summed E-state index contributed by atoms with van der Waals surface area (Å²) in [6.45, 7) is 2.14. The molecule has 0 aromatic carbocycles. The number of allylic oxidation sites excluding steroid dienone is 1. The van der Waals surface area contributed by atoms with E-state index < -0.39 is 0 Å². The summed E-state index contributed by atoms with van der Waals surface area (Å²) >= 11 is 0. The molecule has 0 spiro atoms. The quantitative estimate of drug-likeness (QED) is 0.483. The normalized spacial score (nSPS) is 54.9. The van der Waals surface area contributed by atoms with Gasteiger partial charge in [0.2, 0.25) is 0 Å². The smallest absolute Gasteiger partial charge is 0.0634 e. The molecule has 9 heavy (non-hydrogen) atoms.